The van der Waals surface area contributed by atoms with E-state index in [4.69, 9.17) is 0 Å². The van der Waals surface area contributed by atoms with Gasteiger partial charge in [0.1, 0.15) is 24.3 Å². The van der Waals surface area contributed by atoms with Gasteiger partial charge in [0.05, 0.1) is 5.69 Å². The highest BCUT2D eigenvalue weighted by Crippen LogP contribution is 2.14. The zero-order valence-corrected chi connectivity index (χ0v) is 15.7. The second kappa shape index (κ2) is 8.31. The normalized spacial score (nSPS) is 10.5. The SMILES string of the molecule is Cc1ccccc1NC(=O)NCCNc1cc(-n2cnc(C)c2C)ncn1. The molecule has 3 aromatic rings. The van der Waals surface area contributed by atoms with E-state index in [0.717, 1.165) is 28.5 Å². The Balaban J connectivity index is 1.49. The van der Waals surface area contributed by atoms with Gasteiger partial charge < -0.3 is 16.0 Å². The molecule has 3 N–H and O–H groups in total. The molecule has 0 atom stereocenters. The van der Waals surface area contributed by atoms with Gasteiger partial charge in [-0.3, -0.25) is 4.57 Å². The van der Waals surface area contributed by atoms with Gasteiger partial charge in [-0.25, -0.2) is 19.7 Å². The summed E-state index contributed by atoms with van der Waals surface area (Å²) in [7, 11) is 0. The van der Waals surface area contributed by atoms with E-state index in [0.29, 0.717) is 18.9 Å². The summed E-state index contributed by atoms with van der Waals surface area (Å²) in [5.41, 5.74) is 3.82. The number of aryl methyl sites for hydroxylation is 2. The van der Waals surface area contributed by atoms with Crippen molar-refractivity contribution < 1.29 is 4.79 Å². The third-order valence-corrected chi connectivity index (χ3v) is 4.26. The topological polar surface area (TPSA) is 96.8 Å². The van der Waals surface area contributed by atoms with Crippen LogP contribution in [0.2, 0.25) is 0 Å². The molecule has 1 aromatic carbocycles. The molecule has 140 valence electrons. The van der Waals surface area contributed by atoms with Crippen LogP contribution in [0.25, 0.3) is 5.82 Å². The van der Waals surface area contributed by atoms with Crippen LogP contribution in [0, 0.1) is 20.8 Å². The van der Waals surface area contributed by atoms with Crippen LogP contribution in [0.5, 0.6) is 0 Å². The second-order valence-electron chi connectivity index (χ2n) is 6.17. The minimum atomic E-state index is -0.237. The molecule has 0 saturated heterocycles. The van der Waals surface area contributed by atoms with Crippen molar-refractivity contribution in [3.63, 3.8) is 0 Å². The van der Waals surface area contributed by atoms with Gasteiger partial charge in [-0.1, -0.05) is 18.2 Å². The molecular weight excluding hydrogens is 342 g/mol. The van der Waals surface area contributed by atoms with Gasteiger partial charge in [0, 0.05) is 30.5 Å². The van der Waals surface area contributed by atoms with Gasteiger partial charge in [-0.15, -0.1) is 0 Å². The minimum Gasteiger partial charge on any atom is -0.368 e. The fraction of sp³-hybridized carbons (Fsp3) is 0.263. The summed E-state index contributed by atoms with van der Waals surface area (Å²) in [6.45, 7) is 6.90. The molecule has 0 saturated carbocycles. The minimum absolute atomic E-state index is 0.237. The van der Waals surface area contributed by atoms with Crippen molar-refractivity contribution in [2.75, 3.05) is 23.7 Å². The van der Waals surface area contributed by atoms with Gasteiger partial charge in [-0.05, 0) is 32.4 Å². The summed E-state index contributed by atoms with van der Waals surface area (Å²) in [6.07, 6.45) is 3.25. The van der Waals surface area contributed by atoms with Crippen LogP contribution in [0.1, 0.15) is 17.0 Å². The highest BCUT2D eigenvalue weighted by atomic mass is 16.2. The standard InChI is InChI=1S/C19H23N7O/c1-13-6-4-5-7-16(13)25-19(27)21-9-8-20-17-10-18(23-11-22-17)26-12-24-14(2)15(26)3/h4-7,10-12H,8-9H2,1-3H3,(H,20,22,23)(H2,21,25,27). The second-order valence-corrected chi connectivity index (χ2v) is 6.17. The number of para-hydroxylation sites is 1. The first-order valence-electron chi connectivity index (χ1n) is 8.72. The molecule has 0 unspecified atom stereocenters. The zero-order chi connectivity index (χ0) is 19.2. The molecule has 0 aliphatic heterocycles. The van der Waals surface area contributed by atoms with Gasteiger partial charge in [0.2, 0.25) is 0 Å². The fourth-order valence-corrected chi connectivity index (χ4v) is 2.55. The summed E-state index contributed by atoms with van der Waals surface area (Å²) in [4.78, 5) is 24.8. The van der Waals surface area contributed by atoms with Gasteiger partial charge in [0.15, 0.2) is 0 Å². The third kappa shape index (κ3) is 4.60. The summed E-state index contributed by atoms with van der Waals surface area (Å²) in [5.74, 6) is 1.43. The smallest absolute Gasteiger partial charge is 0.319 e. The molecule has 2 aromatic heterocycles. The van der Waals surface area contributed by atoms with Crippen molar-refractivity contribution in [1.29, 1.82) is 0 Å². The largest absolute Gasteiger partial charge is 0.368 e. The predicted octanol–water partition coefficient (Wildman–Crippen LogP) is 2.82. The van der Waals surface area contributed by atoms with Crippen molar-refractivity contribution in [3.8, 4) is 5.82 Å². The van der Waals surface area contributed by atoms with E-state index in [9.17, 15) is 4.79 Å². The van der Waals surface area contributed by atoms with Crippen molar-refractivity contribution in [1.82, 2.24) is 24.8 Å². The number of benzene rings is 1. The number of anilines is 2. The third-order valence-electron chi connectivity index (χ3n) is 4.26. The maximum absolute atomic E-state index is 12.0. The van der Waals surface area contributed by atoms with E-state index in [-0.39, 0.29) is 6.03 Å². The molecule has 0 radical (unpaired) electrons. The average Bonchev–Trinajstić information content (AvgIpc) is 3.00. The molecule has 0 fully saturated rings. The maximum Gasteiger partial charge on any atom is 0.319 e. The first-order chi connectivity index (χ1) is 13.0. The number of nitrogens with zero attached hydrogens (tertiary/aromatic N) is 4. The van der Waals surface area contributed by atoms with E-state index in [1.54, 1.807) is 6.33 Å². The van der Waals surface area contributed by atoms with E-state index in [1.165, 1.54) is 6.33 Å². The van der Waals surface area contributed by atoms with Gasteiger partial charge in [0.25, 0.3) is 0 Å². The summed E-state index contributed by atoms with van der Waals surface area (Å²) in [5, 5.41) is 8.83. The van der Waals surface area contributed by atoms with Gasteiger partial charge in [-0.2, -0.15) is 0 Å². The number of carbonyl (C=O) groups is 1. The molecular formula is C19H23N7O. The predicted molar refractivity (Wildman–Crippen MR) is 105 cm³/mol. The van der Waals surface area contributed by atoms with Crippen LogP contribution in [-0.4, -0.2) is 38.6 Å². The fourth-order valence-electron chi connectivity index (χ4n) is 2.55. The van der Waals surface area contributed by atoms with E-state index >= 15 is 0 Å². The van der Waals surface area contributed by atoms with Crippen molar-refractivity contribution in [2.45, 2.75) is 20.8 Å². The number of imidazole rings is 1. The lowest BCUT2D eigenvalue weighted by atomic mass is 10.2. The maximum atomic E-state index is 12.0. The highest BCUT2D eigenvalue weighted by molar-refractivity contribution is 5.90. The van der Waals surface area contributed by atoms with E-state index < -0.39 is 0 Å². The molecule has 0 aliphatic carbocycles. The molecule has 2 amide bonds. The molecule has 3 rings (SSSR count). The number of urea groups is 1. The Labute approximate surface area is 158 Å². The number of amides is 2. The lowest BCUT2D eigenvalue weighted by Crippen LogP contribution is -2.32. The van der Waals surface area contributed by atoms with Crippen LogP contribution < -0.4 is 16.0 Å². The Morgan fingerprint density at radius 3 is 2.63 bits per heavy atom. The molecule has 8 nitrogen and oxygen atoms in total. The number of rotatable bonds is 6. The molecule has 27 heavy (non-hydrogen) atoms. The van der Waals surface area contributed by atoms with E-state index in [2.05, 4.69) is 30.9 Å². The molecule has 8 heteroatoms. The van der Waals surface area contributed by atoms with Gasteiger partial charge >= 0.3 is 6.03 Å². The van der Waals surface area contributed by atoms with Crippen LogP contribution in [0.15, 0.2) is 43.0 Å². The van der Waals surface area contributed by atoms with Crippen LogP contribution in [-0.2, 0) is 0 Å². The number of nitrogens with one attached hydrogen (secondary N) is 3. The number of hydrogen-bond donors (Lipinski definition) is 3. The average molecular weight is 365 g/mol. The summed E-state index contributed by atoms with van der Waals surface area (Å²) in [6, 6.07) is 9.26. The van der Waals surface area contributed by atoms with Crippen LogP contribution in [0.3, 0.4) is 0 Å². The van der Waals surface area contributed by atoms with Crippen LogP contribution >= 0.6 is 0 Å². The quantitative estimate of drug-likeness (QED) is 0.584. The monoisotopic (exact) mass is 365 g/mol. The lowest BCUT2D eigenvalue weighted by Gasteiger charge is -2.11. The lowest BCUT2D eigenvalue weighted by molar-refractivity contribution is 0.252. The first-order valence-corrected chi connectivity index (χ1v) is 8.72. The van der Waals surface area contributed by atoms with Crippen LogP contribution in [0.4, 0.5) is 16.3 Å². The Kier molecular flexibility index (Phi) is 5.65. The number of aromatic nitrogens is 4. The Bertz CT molecular complexity index is 935. The van der Waals surface area contributed by atoms with Crippen molar-refractivity contribution in [3.05, 3.63) is 59.9 Å². The number of hydrogen-bond acceptors (Lipinski definition) is 5. The van der Waals surface area contributed by atoms with Crippen molar-refractivity contribution in [2.24, 2.45) is 0 Å². The Morgan fingerprint density at radius 2 is 1.89 bits per heavy atom. The summed E-state index contributed by atoms with van der Waals surface area (Å²) >= 11 is 0. The molecule has 0 spiro atoms. The Morgan fingerprint density at radius 1 is 1.07 bits per heavy atom. The van der Waals surface area contributed by atoms with E-state index in [1.807, 2.05) is 55.7 Å². The zero-order valence-electron chi connectivity index (χ0n) is 15.7. The number of carbonyl (C=O) groups excluding carboxylic acids is 1. The summed E-state index contributed by atoms with van der Waals surface area (Å²) < 4.78 is 1.91. The first kappa shape index (κ1) is 18.4. The van der Waals surface area contributed by atoms with Crippen molar-refractivity contribution >= 4 is 17.5 Å². The highest BCUT2D eigenvalue weighted by Gasteiger charge is 2.07. The molecule has 0 bridgehead atoms. The molecule has 0 aliphatic rings. The Hall–Kier alpha value is -3.42. The molecule has 2 heterocycles.